The maximum Gasteiger partial charge on any atom is 0.328 e. The normalized spacial score (nSPS) is 11.4. The van der Waals surface area contributed by atoms with E-state index in [1.807, 2.05) is 47.9 Å². The minimum Gasteiger partial charge on any atom is -0.303 e. The first-order valence-electron chi connectivity index (χ1n) is 8.48. The third kappa shape index (κ3) is 2.58. The zero-order valence-electron chi connectivity index (χ0n) is 14.5. The van der Waals surface area contributed by atoms with Crippen LogP contribution >= 0.6 is 0 Å². The second-order valence-electron chi connectivity index (χ2n) is 6.33. The van der Waals surface area contributed by atoms with E-state index in [1.165, 1.54) is 0 Å². The Bertz CT molecular complexity index is 1330. The van der Waals surface area contributed by atoms with Gasteiger partial charge >= 0.3 is 5.69 Å². The molecule has 0 aliphatic heterocycles. The van der Waals surface area contributed by atoms with Crippen molar-refractivity contribution in [1.82, 2.24) is 34.1 Å². The standard InChI is InChI=1S/C19H15N7O/c1-12-6-7-13(8-20-12)10-25-17-15(23-19(25)27)9-21-18(24-17)26-11-22-14-4-2-3-5-16(14)26/h2-9,11H,10H2,1H3,(H,23,27). The molecule has 0 saturated heterocycles. The Hall–Kier alpha value is -3.81. The third-order valence-electron chi connectivity index (χ3n) is 4.48. The lowest BCUT2D eigenvalue weighted by Crippen LogP contribution is -2.18. The lowest BCUT2D eigenvalue weighted by atomic mass is 10.2. The van der Waals surface area contributed by atoms with Crippen molar-refractivity contribution in [3.8, 4) is 5.95 Å². The molecule has 0 unspecified atom stereocenters. The van der Waals surface area contributed by atoms with Crippen LogP contribution in [0.3, 0.4) is 0 Å². The summed E-state index contributed by atoms with van der Waals surface area (Å²) in [5.41, 5.74) is 4.53. The number of nitrogens with zero attached hydrogens (tertiary/aromatic N) is 6. The Kier molecular flexibility index (Phi) is 3.36. The molecule has 0 saturated carbocycles. The summed E-state index contributed by atoms with van der Waals surface area (Å²) in [5.74, 6) is 0.464. The Morgan fingerprint density at radius 3 is 2.78 bits per heavy atom. The maximum absolute atomic E-state index is 12.4. The SMILES string of the molecule is Cc1ccc(Cn2c(=O)[nH]c3cnc(-n4cnc5ccccc54)nc32)cn1. The summed E-state index contributed by atoms with van der Waals surface area (Å²) in [4.78, 5) is 32.9. The second kappa shape index (κ2) is 5.87. The molecule has 4 aromatic heterocycles. The number of fused-ring (bicyclic) bond motifs is 2. The van der Waals surface area contributed by atoms with Crippen molar-refractivity contribution < 1.29 is 0 Å². The number of rotatable bonds is 3. The van der Waals surface area contributed by atoms with Crippen molar-refractivity contribution in [3.63, 3.8) is 0 Å². The molecule has 0 bridgehead atoms. The zero-order valence-corrected chi connectivity index (χ0v) is 14.5. The van der Waals surface area contributed by atoms with Crippen LogP contribution < -0.4 is 5.69 Å². The number of H-pyrrole nitrogens is 1. The van der Waals surface area contributed by atoms with Gasteiger partial charge in [-0.1, -0.05) is 18.2 Å². The van der Waals surface area contributed by atoms with Gasteiger partial charge in [0.05, 0.1) is 23.8 Å². The highest BCUT2D eigenvalue weighted by molar-refractivity contribution is 5.77. The molecular formula is C19H15N7O. The minimum atomic E-state index is -0.229. The van der Waals surface area contributed by atoms with E-state index in [9.17, 15) is 4.79 Å². The molecule has 132 valence electrons. The molecule has 5 rings (SSSR count). The number of hydrogen-bond donors (Lipinski definition) is 1. The topological polar surface area (TPSA) is 94.3 Å². The monoisotopic (exact) mass is 357 g/mol. The van der Waals surface area contributed by atoms with Crippen LogP contribution in [0, 0.1) is 6.92 Å². The first kappa shape index (κ1) is 15.4. The number of benzene rings is 1. The Balaban J connectivity index is 1.64. The minimum absolute atomic E-state index is 0.229. The highest BCUT2D eigenvalue weighted by atomic mass is 16.1. The first-order valence-corrected chi connectivity index (χ1v) is 8.48. The van der Waals surface area contributed by atoms with E-state index in [4.69, 9.17) is 0 Å². The van der Waals surface area contributed by atoms with E-state index in [0.717, 1.165) is 22.3 Å². The number of imidazole rings is 2. The summed E-state index contributed by atoms with van der Waals surface area (Å²) < 4.78 is 3.40. The van der Waals surface area contributed by atoms with Gasteiger partial charge in [-0.15, -0.1) is 0 Å². The summed E-state index contributed by atoms with van der Waals surface area (Å²) in [6, 6.07) is 11.6. The summed E-state index contributed by atoms with van der Waals surface area (Å²) in [6.45, 7) is 2.31. The summed E-state index contributed by atoms with van der Waals surface area (Å²) in [7, 11) is 0. The first-order chi connectivity index (χ1) is 13.2. The highest BCUT2D eigenvalue weighted by Crippen LogP contribution is 2.17. The van der Waals surface area contributed by atoms with Crippen molar-refractivity contribution in [2.45, 2.75) is 13.5 Å². The number of para-hydroxylation sites is 2. The van der Waals surface area contributed by atoms with Crippen molar-refractivity contribution in [2.75, 3.05) is 0 Å². The quantitative estimate of drug-likeness (QED) is 0.534. The van der Waals surface area contributed by atoms with Gasteiger partial charge in [0.2, 0.25) is 5.95 Å². The van der Waals surface area contributed by atoms with Gasteiger partial charge in [0.15, 0.2) is 5.65 Å². The summed E-state index contributed by atoms with van der Waals surface area (Å²) in [5, 5.41) is 0. The van der Waals surface area contributed by atoms with Crippen LogP contribution in [0.15, 0.2) is 59.9 Å². The summed E-state index contributed by atoms with van der Waals surface area (Å²) >= 11 is 0. The molecular weight excluding hydrogens is 342 g/mol. The average Bonchev–Trinajstić information content (AvgIpc) is 3.24. The number of hydrogen-bond acceptors (Lipinski definition) is 5. The fraction of sp³-hybridized carbons (Fsp3) is 0.105. The van der Waals surface area contributed by atoms with Crippen LogP contribution in [0.4, 0.5) is 0 Å². The van der Waals surface area contributed by atoms with Gasteiger partial charge in [-0.05, 0) is 30.7 Å². The molecule has 0 amide bonds. The average molecular weight is 357 g/mol. The Morgan fingerprint density at radius 2 is 1.93 bits per heavy atom. The molecule has 0 aliphatic rings. The van der Waals surface area contributed by atoms with Gasteiger partial charge in [-0.3, -0.25) is 14.1 Å². The van der Waals surface area contributed by atoms with Crippen molar-refractivity contribution in [2.24, 2.45) is 0 Å². The van der Waals surface area contributed by atoms with Crippen LogP contribution in [0.5, 0.6) is 0 Å². The molecule has 1 aromatic carbocycles. The number of aromatic nitrogens is 7. The molecule has 27 heavy (non-hydrogen) atoms. The Morgan fingerprint density at radius 1 is 1.04 bits per heavy atom. The highest BCUT2D eigenvalue weighted by Gasteiger charge is 2.13. The fourth-order valence-corrected chi connectivity index (χ4v) is 3.09. The van der Waals surface area contributed by atoms with Gasteiger partial charge in [-0.2, -0.15) is 4.98 Å². The van der Waals surface area contributed by atoms with Crippen LogP contribution in [-0.2, 0) is 6.54 Å². The van der Waals surface area contributed by atoms with Gasteiger partial charge < -0.3 is 4.98 Å². The van der Waals surface area contributed by atoms with Crippen LogP contribution in [0.1, 0.15) is 11.3 Å². The van der Waals surface area contributed by atoms with Crippen LogP contribution in [0.2, 0.25) is 0 Å². The number of aromatic amines is 1. The predicted molar refractivity (Wildman–Crippen MR) is 101 cm³/mol. The smallest absolute Gasteiger partial charge is 0.303 e. The number of aryl methyl sites for hydroxylation is 1. The molecule has 5 aromatic rings. The van der Waals surface area contributed by atoms with Gasteiger partial charge in [-0.25, -0.2) is 14.8 Å². The van der Waals surface area contributed by atoms with E-state index in [-0.39, 0.29) is 5.69 Å². The van der Waals surface area contributed by atoms with E-state index in [2.05, 4.69) is 24.9 Å². The molecule has 4 heterocycles. The predicted octanol–water partition coefficient (Wildman–Crippen LogP) is 2.21. The third-order valence-corrected chi connectivity index (χ3v) is 4.48. The molecule has 0 fully saturated rings. The van der Waals surface area contributed by atoms with Crippen LogP contribution in [0.25, 0.3) is 28.1 Å². The van der Waals surface area contributed by atoms with Crippen molar-refractivity contribution in [3.05, 3.63) is 76.9 Å². The van der Waals surface area contributed by atoms with Crippen LogP contribution in [-0.4, -0.2) is 34.1 Å². The second-order valence-corrected chi connectivity index (χ2v) is 6.33. The molecule has 0 aliphatic carbocycles. The van der Waals surface area contributed by atoms with Gasteiger partial charge in [0.25, 0.3) is 0 Å². The molecule has 1 N–H and O–H groups in total. The van der Waals surface area contributed by atoms with E-state index in [1.54, 1.807) is 23.3 Å². The van der Waals surface area contributed by atoms with E-state index in [0.29, 0.717) is 23.7 Å². The number of nitrogens with one attached hydrogen (secondary N) is 1. The molecule has 8 heteroatoms. The summed E-state index contributed by atoms with van der Waals surface area (Å²) in [6.07, 6.45) is 5.08. The largest absolute Gasteiger partial charge is 0.328 e. The molecule has 0 atom stereocenters. The number of pyridine rings is 1. The Labute approximate surface area is 153 Å². The van der Waals surface area contributed by atoms with E-state index >= 15 is 0 Å². The van der Waals surface area contributed by atoms with Crippen molar-refractivity contribution >= 4 is 22.2 Å². The maximum atomic E-state index is 12.4. The molecule has 0 radical (unpaired) electrons. The lowest BCUT2D eigenvalue weighted by molar-refractivity contribution is 0.770. The van der Waals surface area contributed by atoms with Gasteiger partial charge in [0.1, 0.15) is 11.8 Å². The van der Waals surface area contributed by atoms with E-state index < -0.39 is 0 Å². The molecule has 8 nitrogen and oxygen atoms in total. The zero-order chi connectivity index (χ0) is 18.4. The molecule has 0 spiro atoms. The lowest BCUT2D eigenvalue weighted by Gasteiger charge is -2.05. The van der Waals surface area contributed by atoms with Gasteiger partial charge in [0, 0.05) is 11.9 Å². The van der Waals surface area contributed by atoms with Crippen molar-refractivity contribution in [1.29, 1.82) is 0 Å². The fourth-order valence-electron chi connectivity index (χ4n) is 3.09.